The zero-order chi connectivity index (χ0) is 20.4. The van der Waals surface area contributed by atoms with Crippen LogP contribution in [0.2, 0.25) is 0 Å². The van der Waals surface area contributed by atoms with Crippen LogP contribution in [0.3, 0.4) is 0 Å². The first-order valence-corrected chi connectivity index (χ1v) is 9.61. The molecule has 29 heavy (non-hydrogen) atoms. The monoisotopic (exact) mass is 395 g/mol. The van der Waals surface area contributed by atoms with E-state index in [1.54, 1.807) is 7.11 Å². The predicted molar refractivity (Wildman–Crippen MR) is 109 cm³/mol. The summed E-state index contributed by atoms with van der Waals surface area (Å²) in [6.45, 7) is 3.74. The number of aryl methyl sites for hydroxylation is 1. The Morgan fingerprint density at radius 2 is 1.79 bits per heavy atom. The van der Waals surface area contributed by atoms with Crippen molar-refractivity contribution in [1.82, 2.24) is 4.90 Å². The van der Waals surface area contributed by atoms with Crippen LogP contribution in [0.4, 0.5) is 8.78 Å². The van der Waals surface area contributed by atoms with Crippen molar-refractivity contribution < 1.29 is 18.3 Å². The van der Waals surface area contributed by atoms with E-state index in [2.05, 4.69) is 25.1 Å². The van der Waals surface area contributed by atoms with Gasteiger partial charge in [0.15, 0.2) is 11.5 Å². The van der Waals surface area contributed by atoms with Crippen molar-refractivity contribution >= 4 is 0 Å². The van der Waals surface area contributed by atoms with Gasteiger partial charge in [-0.05, 0) is 47.9 Å². The van der Waals surface area contributed by atoms with E-state index >= 15 is 0 Å². The van der Waals surface area contributed by atoms with Gasteiger partial charge in [-0.1, -0.05) is 30.3 Å². The van der Waals surface area contributed by atoms with E-state index in [0.717, 1.165) is 22.3 Å². The van der Waals surface area contributed by atoms with Crippen LogP contribution in [-0.4, -0.2) is 25.2 Å². The third-order valence-electron chi connectivity index (χ3n) is 5.30. The minimum atomic E-state index is -0.526. The highest BCUT2D eigenvalue weighted by Gasteiger charge is 2.22. The lowest BCUT2D eigenvalue weighted by Crippen LogP contribution is -2.26. The Kier molecular flexibility index (Phi) is 5.49. The smallest absolute Gasteiger partial charge is 0.165 e. The summed E-state index contributed by atoms with van der Waals surface area (Å²) in [5, 5.41) is 0. The third kappa shape index (κ3) is 3.96. The van der Waals surface area contributed by atoms with Crippen LogP contribution in [0.5, 0.6) is 11.5 Å². The molecule has 1 aliphatic heterocycles. The summed E-state index contributed by atoms with van der Waals surface area (Å²) in [5.74, 6) is 0.310. The van der Waals surface area contributed by atoms with Gasteiger partial charge in [0, 0.05) is 30.8 Å². The normalized spacial score (nSPS) is 14.1. The molecule has 0 saturated carbocycles. The van der Waals surface area contributed by atoms with E-state index in [-0.39, 0.29) is 12.1 Å². The molecule has 0 spiro atoms. The largest absolute Gasteiger partial charge is 0.493 e. The second-order valence-corrected chi connectivity index (χ2v) is 7.24. The van der Waals surface area contributed by atoms with Crippen LogP contribution in [-0.2, 0) is 13.1 Å². The molecule has 0 saturated heterocycles. The molecule has 3 aromatic rings. The number of hydrogen-bond acceptors (Lipinski definition) is 3. The molecule has 0 bridgehead atoms. The van der Waals surface area contributed by atoms with Crippen LogP contribution >= 0.6 is 0 Å². The van der Waals surface area contributed by atoms with E-state index in [4.69, 9.17) is 9.47 Å². The molecular formula is C24H23F2NO2. The molecular weight excluding hydrogens is 372 g/mol. The first-order valence-electron chi connectivity index (χ1n) is 9.61. The Morgan fingerprint density at radius 3 is 2.52 bits per heavy atom. The molecule has 0 N–H and O–H groups in total. The lowest BCUT2D eigenvalue weighted by atomic mass is 9.97. The standard InChI is InChI=1S/C24H23F2NO2/c1-16-6-3-4-7-19(16)17-12-18-14-27(10-11-29-24(18)23(13-17)28-2)15-20-21(25)8-5-9-22(20)26/h3-9,12-13H,10-11,14-15H2,1-2H3. The number of rotatable bonds is 4. The minimum absolute atomic E-state index is 0.0815. The summed E-state index contributed by atoms with van der Waals surface area (Å²) < 4.78 is 39.8. The van der Waals surface area contributed by atoms with Gasteiger partial charge in [0.05, 0.1) is 7.11 Å². The molecule has 1 heterocycles. The van der Waals surface area contributed by atoms with Crippen molar-refractivity contribution in [3.8, 4) is 22.6 Å². The van der Waals surface area contributed by atoms with E-state index in [1.165, 1.54) is 18.2 Å². The van der Waals surface area contributed by atoms with Gasteiger partial charge in [-0.15, -0.1) is 0 Å². The topological polar surface area (TPSA) is 21.7 Å². The van der Waals surface area contributed by atoms with Crippen LogP contribution in [0.25, 0.3) is 11.1 Å². The molecule has 0 aliphatic carbocycles. The molecule has 4 rings (SSSR count). The Morgan fingerprint density at radius 1 is 1.03 bits per heavy atom. The maximum atomic E-state index is 14.1. The fourth-order valence-electron chi connectivity index (χ4n) is 3.78. The average molecular weight is 395 g/mol. The van der Waals surface area contributed by atoms with E-state index in [1.807, 2.05) is 23.1 Å². The lowest BCUT2D eigenvalue weighted by molar-refractivity contribution is 0.212. The number of benzene rings is 3. The summed E-state index contributed by atoms with van der Waals surface area (Å²) in [6.07, 6.45) is 0. The Hall–Kier alpha value is -2.92. The van der Waals surface area contributed by atoms with E-state index in [0.29, 0.717) is 31.2 Å². The van der Waals surface area contributed by atoms with E-state index in [9.17, 15) is 8.78 Å². The molecule has 3 aromatic carbocycles. The lowest BCUT2D eigenvalue weighted by Gasteiger charge is -2.20. The molecule has 0 radical (unpaired) electrons. The molecule has 0 atom stereocenters. The third-order valence-corrected chi connectivity index (χ3v) is 5.30. The van der Waals surface area contributed by atoms with Gasteiger partial charge in [-0.3, -0.25) is 4.90 Å². The van der Waals surface area contributed by atoms with Crippen molar-refractivity contribution in [2.24, 2.45) is 0 Å². The number of hydrogen-bond donors (Lipinski definition) is 0. The summed E-state index contributed by atoms with van der Waals surface area (Å²) in [7, 11) is 1.62. The van der Waals surface area contributed by atoms with Gasteiger partial charge >= 0.3 is 0 Å². The minimum Gasteiger partial charge on any atom is -0.493 e. The maximum Gasteiger partial charge on any atom is 0.165 e. The highest BCUT2D eigenvalue weighted by molar-refractivity contribution is 5.71. The molecule has 5 heteroatoms. The number of fused-ring (bicyclic) bond motifs is 1. The molecule has 3 nitrogen and oxygen atoms in total. The Bertz CT molecular complexity index is 1020. The van der Waals surface area contributed by atoms with Crippen LogP contribution in [0.1, 0.15) is 16.7 Å². The fraction of sp³-hybridized carbons (Fsp3) is 0.250. The summed E-state index contributed by atoms with van der Waals surface area (Å²) in [6, 6.07) is 16.2. The zero-order valence-corrected chi connectivity index (χ0v) is 16.5. The van der Waals surface area contributed by atoms with Crippen LogP contribution in [0, 0.1) is 18.6 Å². The highest BCUT2D eigenvalue weighted by Crippen LogP contribution is 2.39. The second-order valence-electron chi connectivity index (χ2n) is 7.24. The number of ether oxygens (including phenoxy) is 2. The fourth-order valence-corrected chi connectivity index (χ4v) is 3.78. The van der Waals surface area contributed by atoms with Gasteiger partial charge in [0.25, 0.3) is 0 Å². The maximum absolute atomic E-state index is 14.1. The van der Waals surface area contributed by atoms with Crippen molar-refractivity contribution in [3.05, 3.63) is 82.9 Å². The van der Waals surface area contributed by atoms with Gasteiger partial charge < -0.3 is 9.47 Å². The van der Waals surface area contributed by atoms with Crippen molar-refractivity contribution in [3.63, 3.8) is 0 Å². The summed E-state index contributed by atoms with van der Waals surface area (Å²) >= 11 is 0. The Labute approximate surface area is 169 Å². The molecule has 0 unspecified atom stereocenters. The number of halogens is 2. The van der Waals surface area contributed by atoms with Gasteiger partial charge in [0.2, 0.25) is 0 Å². The SMILES string of the molecule is COc1cc(-c2ccccc2C)cc2c1OCCN(Cc1c(F)cccc1F)C2. The van der Waals surface area contributed by atoms with Gasteiger partial charge in [-0.25, -0.2) is 8.78 Å². The predicted octanol–water partition coefficient (Wildman–Crippen LogP) is 5.34. The van der Waals surface area contributed by atoms with Crippen molar-refractivity contribution in [2.45, 2.75) is 20.0 Å². The first-order chi connectivity index (χ1) is 14.1. The molecule has 1 aliphatic rings. The summed E-state index contributed by atoms with van der Waals surface area (Å²) in [4.78, 5) is 1.99. The van der Waals surface area contributed by atoms with Crippen LogP contribution in [0.15, 0.2) is 54.6 Å². The molecule has 0 fully saturated rings. The summed E-state index contributed by atoms with van der Waals surface area (Å²) in [5.41, 5.74) is 4.33. The average Bonchev–Trinajstić information content (AvgIpc) is 2.92. The molecule has 0 aromatic heterocycles. The quantitative estimate of drug-likeness (QED) is 0.595. The number of nitrogens with zero attached hydrogens (tertiary/aromatic N) is 1. The van der Waals surface area contributed by atoms with E-state index < -0.39 is 11.6 Å². The van der Waals surface area contributed by atoms with Gasteiger partial charge in [-0.2, -0.15) is 0 Å². The zero-order valence-electron chi connectivity index (χ0n) is 16.5. The van der Waals surface area contributed by atoms with Crippen LogP contribution < -0.4 is 9.47 Å². The Balaban J connectivity index is 1.71. The van der Waals surface area contributed by atoms with Crippen molar-refractivity contribution in [2.75, 3.05) is 20.3 Å². The molecule has 0 amide bonds. The number of methoxy groups -OCH3 is 1. The van der Waals surface area contributed by atoms with Crippen molar-refractivity contribution in [1.29, 1.82) is 0 Å². The highest BCUT2D eigenvalue weighted by atomic mass is 19.1. The second kappa shape index (κ2) is 8.21. The first kappa shape index (κ1) is 19.4. The van der Waals surface area contributed by atoms with Gasteiger partial charge in [0.1, 0.15) is 18.2 Å². The molecule has 150 valence electrons.